The molecule has 1 fully saturated rings. The molecule has 0 spiro atoms. The largest absolute Gasteiger partial charge is 0.414 e. The van der Waals surface area contributed by atoms with Gasteiger partial charge in [-0.25, -0.2) is 14.5 Å². The van der Waals surface area contributed by atoms with Gasteiger partial charge in [0.25, 0.3) is 8.32 Å². The van der Waals surface area contributed by atoms with Crippen molar-refractivity contribution in [3.63, 3.8) is 0 Å². The van der Waals surface area contributed by atoms with Crippen molar-refractivity contribution in [3.8, 4) is 5.82 Å². The fourth-order valence-corrected chi connectivity index (χ4v) is 11.6. The lowest BCUT2D eigenvalue weighted by Crippen LogP contribution is -2.68. The lowest BCUT2D eigenvalue weighted by atomic mass is 10.2. The van der Waals surface area contributed by atoms with Crippen LogP contribution in [0.25, 0.3) is 5.82 Å². The summed E-state index contributed by atoms with van der Waals surface area (Å²) >= 11 is 0. The fourth-order valence-electron chi connectivity index (χ4n) is 5.88. The average Bonchev–Trinajstić information content (AvgIpc) is 3.66. The van der Waals surface area contributed by atoms with Gasteiger partial charge in [0.05, 0.1) is 12.7 Å². The molecule has 240 valence electrons. The van der Waals surface area contributed by atoms with Gasteiger partial charge in [0.1, 0.15) is 25.0 Å². The van der Waals surface area contributed by atoms with Gasteiger partial charge in [-0.2, -0.15) is 10.1 Å². The first-order valence-electron chi connectivity index (χ1n) is 15.7. The number of hydrogen-bond acceptors (Lipinski definition) is 7. The smallest absolute Gasteiger partial charge is 0.351 e. The summed E-state index contributed by atoms with van der Waals surface area (Å²) in [5.41, 5.74) is 0.375. The van der Waals surface area contributed by atoms with Gasteiger partial charge in [-0.15, -0.1) is 0 Å². The SMILES string of the molecule is Cc1cn([C@H]2C[C@H](O[Si](c3ccccc3)(c3ccccc3)C(C)(C)C)[C@@H](CO[Si](C)(C)C(C)(C)C)O2)c(=O)nc1-n1cncn1. The second kappa shape index (κ2) is 12.5. The molecule has 1 saturated heterocycles. The van der Waals surface area contributed by atoms with E-state index in [4.69, 9.17) is 13.6 Å². The molecule has 0 N–H and O–H groups in total. The zero-order valence-electron chi connectivity index (χ0n) is 28.0. The second-order valence-electron chi connectivity index (χ2n) is 14.5. The van der Waals surface area contributed by atoms with Crippen LogP contribution in [0.2, 0.25) is 23.2 Å². The number of hydrogen-bond donors (Lipinski definition) is 0. The summed E-state index contributed by atoms with van der Waals surface area (Å²) in [5.74, 6) is 0.449. The Kier molecular flexibility index (Phi) is 9.22. The van der Waals surface area contributed by atoms with Crippen molar-refractivity contribution in [1.29, 1.82) is 0 Å². The Balaban J connectivity index is 1.58. The highest BCUT2D eigenvalue weighted by Gasteiger charge is 2.54. The van der Waals surface area contributed by atoms with Crippen molar-refractivity contribution in [2.24, 2.45) is 0 Å². The predicted octanol–water partition coefficient (Wildman–Crippen LogP) is 5.39. The molecule has 0 amide bonds. The van der Waals surface area contributed by atoms with Gasteiger partial charge in [0.2, 0.25) is 0 Å². The van der Waals surface area contributed by atoms with E-state index in [1.807, 2.05) is 19.1 Å². The molecule has 0 radical (unpaired) electrons. The van der Waals surface area contributed by atoms with Crippen LogP contribution in [0.4, 0.5) is 0 Å². The van der Waals surface area contributed by atoms with Crippen LogP contribution < -0.4 is 16.1 Å². The number of nitrogens with zero attached hydrogens (tertiary/aromatic N) is 5. The predicted molar refractivity (Wildman–Crippen MR) is 182 cm³/mol. The molecule has 11 heteroatoms. The minimum Gasteiger partial charge on any atom is -0.414 e. The minimum atomic E-state index is -2.91. The molecule has 0 aliphatic carbocycles. The summed E-state index contributed by atoms with van der Waals surface area (Å²) < 4.78 is 24.2. The lowest BCUT2D eigenvalue weighted by Gasteiger charge is -2.45. The topological polar surface area (TPSA) is 93.3 Å². The van der Waals surface area contributed by atoms with Gasteiger partial charge in [-0.05, 0) is 40.5 Å². The van der Waals surface area contributed by atoms with Gasteiger partial charge in [0, 0.05) is 18.2 Å². The van der Waals surface area contributed by atoms with Gasteiger partial charge in [-0.3, -0.25) is 4.57 Å². The van der Waals surface area contributed by atoms with Crippen molar-refractivity contribution in [3.05, 3.63) is 95.6 Å². The molecular weight excluding hydrogens is 599 g/mol. The summed E-state index contributed by atoms with van der Waals surface area (Å²) in [6, 6.07) is 21.2. The highest BCUT2D eigenvalue weighted by atomic mass is 28.4. The van der Waals surface area contributed by atoms with Crippen LogP contribution in [0.3, 0.4) is 0 Å². The quantitative estimate of drug-likeness (QED) is 0.226. The van der Waals surface area contributed by atoms with Crippen LogP contribution in [0.15, 0.2) is 84.3 Å². The first-order chi connectivity index (χ1) is 21.1. The van der Waals surface area contributed by atoms with Crippen molar-refractivity contribution >= 4 is 27.0 Å². The third-order valence-corrected chi connectivity index (χ3v) is 19.0. The Morgan fingerprint density at radius 3 is 2.04 bits per heavy atom. The zero-order chi connectivity index (χ0) is 32.6. The van der Waals surface area contributed by atoms with E-state index in [0.717, 1.165) is 5.56 Å². The lowest BCUT2D eigenvalue weighted by molar-refractivity contribution is -0.0407. The Hall–Kier alpha value is -3.23. The highest BCUT2D eigenvalue weighted by molar-refractivity contribution is 6.99. The summed E-state index contributed by atoms with van der Waals surface area (Å²) in [7, 11) is -5.02. The molecule has 4 aromatic rings. The van der Waals surface area contributed by atoms with Crippen LogP contribution in [0, 0.1) is 6.92 Å². The average molecular weight is 646 g/mol. The molecule has 2 aromatic carbocycles. The number of aromatic nitrogens is 5. The molecular formula is C34H47N5O4Si2. The van der Waals surface area contributed by atoms with Crippen LogP contribution >= 0.6 is 0 Å². The number of aryl methyl sites for hydroxylation is 1. The first kappa shape index (κ1) is 33.1. The van der Waals surface area contributed by atoms with Crippen molar-refractivity contribution in [2.45, 2.75) is 96.5 Å². The van der Waals surface area contributed by atoms with Crippen LogP contribution in [-0.2, 0) is 13.6 Å². The maximum Gasteiger partial charge on any atom is 0.351 e. The normalized spacial score (nSPS) is 19.6. The molecule has 1 aliphatic rings. The van der Waals surface area contributed by atoms with Gasteiger partial charge >= 0.3 is 5.69 Å². The Morgan fingerprint density at radius 1 is 0.933 bits per heavy atom. The zero-order valence-corrected chi connectivity index (χ0v) is 30.0. The first-order valence-corrected chi connectivity index (χ1v) is 20.5. The molecule has 3 heterocycles. The van der Waals surface area contributed by atoms with E-state index in [0.29, 0.717) is 18.8 Å². The fraction of sp³-hybridized carbons (Fsp3) is 0.471. The summed E-state index contributed by atoms with van der Waals surface area (Å²) in [6.45, 7) is 20.3. The Labute approximate surface area is 268 Å². The van der Waals surface area contributed by atoms with E-state index < -0.39 is 28.6 Å². The molecule has 3 atom stereocenters. The highest BCUT2D eigenvalue weighted by Crippen LogP contribution is 2.42. The summed E-state index contributed by atoms with van der Waals surface area (Å²) in [6.07, 6.45) is 3.97. The van der Waals surface area contributed by atoms with Crippen molar-refractivity contribution in [2.75, 3.05) is 6.61 Å². The molecule has 5 rings (SSSR count). The van der Waals surface area contributed by atoms with Gasteiger partial charge < -0.3 is 13.6 Å². The number of ether oxygens (including phenoxy) is 1. The van der Waals surface area contributed by atoms with Gasteiger partial charge in [-0.1, -0.05) is 102 Å². The van der Waals surface area contributed by atoms with Crippen molar-refractivity contribution < 1.29 is 13.6 Å². The molecule has 0 bridgehead atoms. The van der Waals surface area contributed by atoms with Crippen LogP contribution in [0.5, 0.6) is 0 Å². The molecule has 45 heavy (non-hydrogen) atoms. The van der Waals surface area contributed by atoms with Crippen molar-refractivity contribution in [1.82, 2.24) is 24.3 Å². The number of benzene rings is 2. The molecule has 2 aromatic heterocycles. The third-order valence-electron chi connectivity index (χ3n) is 9.39. The summed E-state index contributed by atoms with van der Waals surface area (Å²) in [5, 5.41) is 6.38. The maximum absolute atomic E-state index is 13.5. The van der Waals surface area contributed by atoms with E-state index in [2.05, 4.69) is 118 Å². The number of rotatable bonds is 9. The Morgan fingerprint density at radius 2 is 1.53 bits per heavy atom. The monoisotopic (exact) mass is 645 g/mol. The van der Waals surface area contributed by atoms with Crippen LogP contribution in [0.1, 0.15) is 59.8 Å². The van der Waals surface area contributed by atoms with E-state index in [-0.39, 0.29) is 22.3 Å². The second-order valence-corrected chi connectivity index (χ2v) is 23.6. The standard InChI is InChI=1S/C34H47N5O4Si2/c1-25-21-38(32(40)37-31(25)39-24-35-23-36-39)30-20-28(29(42-30)22-41-44(8,9)33(2,3)4)43-45(34(5,6)7,26-16-12-10-13-17-26)27-18-14-11-15-19-27/h10-19,21,23-24,28-30H,20,22H2,1-9H3/t28-,29+,30+/m0/s1. The third kappa shape index (κ3) is 6.55. The molecule has 1 aliphatic heterocycles. The molecule has 0 saturated carbocycles. The van der Waals surface area contributed by atoms with E-state index in [9.17, 15) is 4.79 Å². The molecule has 0 unspecified atom stereocenters. The summed E-state index contributed by atoms with van der Waals surface area (Å²) in [4.78, 5) is 21.9. The Bertz CT molecular complexity index is 1590. The van der Waals surface area contributed by atoms with E-state index >= 15 is 0 Å². The van der Waals surface area contributed by atoms with E-state index in [1.165, 1.54) is 27.7 Å². The van der Waals surface area contributed by atoms with Gasteiger partial charge in [0.15, 0.2) is 14.1 Å². The maximum atomic E-state index is 13.5. The van der Waals surface area contributed by atoms with E-state index in [1.54, 1.807) is 10.8 Å². The minimum absolute atomic E-state index is 0.0362. The van der Waals surface area contributed by atoms with Crippen LogP contribution in [-0.4, -0.2) is 59.8 Å². The molecule has 9 nitrogen and oxygen atoms in total.